The first-order valence-corrected chi connectivity index (χ1v) is 43.2. The normalized spacial score (nSPS) is 39.2. The Labute approximate surface area is 619 Å². The number of ketones is 1. The van der Waals surface area contributed by atoms with E-state index in [9.17, 15) is 21.6 Å². The zero-order valence-corrected chi connectivity index (χ0v) is 63.0. The largest absolute Gasteiger partial charge is 0.359 e. The Morgan fingerprint density at radius 3 is 1.18 bits per heavy atom. The van der Waals surface area contributed by atoms with Crippen molar-refractivity contribution in [3.05, 3.63) is 197 Å². The molecule has 550 valence electrons. The second-order valence-corrected chi connectivity index (χ2v) is 39.3. The van der Waals surface area contributed by atoms with Crippen LogP contribution in [0.4, 0.5) is 0 Å². The van der Waals surface area contributed by atoms with E-state index in [2.05, 4.69) is 156 Å². The number of hydrogen-bond donors (Lipinski definition) is 4. The summed E-state index contributed by atoms with van der Waals surface area (Å²) in [5, 5.41) is 24.8. The fourth-order valence-electron chi connectivity index (χ4n) is 25.8. The number of pyridine rings is 3. The fraction of sp³-hybridized carbons (Fsp3) is 0.545. The van der Waals surface area contributed by atoms with Crippen LogP contribution in [0.5, 0.6) is 0 Å². The summed E-state index contributed by atoms with van der Waals surface area (Å²) in [6.45, 7) is 8.33. The number of sulfonamides is 2. The van der Waals surface area contributed by atoms with Crippen molar-refractivity contribution in [3.63, 3.8) is 0 Å². The minimum atomic E-state index is -3.45. The number of carbonyl (C=O) groups excluding carboxylic acids is 1. The summed E-state index contributed by atoms with van der Waals surface area (Å²) in [6, 6.07) is 27.7. The van der Waals surface area contributed by atoms with E-state index in [1.165, 1.54) is 121 Å². The highest BCUT2D eigenvalue weighted by Crippen LogP contribution is 2.73. The molecule has 105 heavy (non-hydrogen) atoms. The van der Waals surface area contributed by atoms with Gasteiger partial charge in [-0.1, -0.05) is 93.6 Å². The van der Waals surface area contributed by atoms with Gasteiger partial charge in [0.25, 0.3) is 0 Å². The Bertz CT molecular complexity index is 4830. The third-order valence-corrected chi connectivity index (χ3v) is 32.2. The van der Waals surface area contributed by atoms with Gasteiger partial charge in [0.2, 0.25) is 20.0 Å². The van der Waals surface area contributed by atoms with Gasteiger partial charge in [-0.3, -0.25) is 19.7 Å². The topological polar surface area (TPSA) is 228 Å². The molecular formula is C88H103N7O8S2. The molecule has 6 aliphatic heterocycles. The molecular weight excluding hydrogens is 1350 g/mol. The number of aromatic nitrogens is 3. The Kier molecular flexibility index (Phi) is 16.3. The summed E-state index contributed by atoms with van der Waals surface area (Å²) >= 11 is 0. The first-order chi connectivity index (χ1) is 50.4. The predicted molar refractivity (Wildman–Crippen MR) is 412 cm³/mol. The third-order valence-electron chi connectivity index (χ3n) is 30.7. The first-order valence-electron chi connectivity index (χ1n) is 39.8. The molecule has 3 aromatic carbocycles. The number of allylic oxidation sites excluding steroid dienone is 3. The average molecular weight is 1450 g/mol. The minimum Gasteiger partial charge on any atom is -0.359 e. The van der Waals surface area contributed by atoms with Crippen LogP contribution in [0.2, 0.25) is 0 Å². The number of primary sulfonamides is 2. The van der Waals surface area contributed by atoms with Crippen molar-refractivity contribution in [1.29, 1.82) is 0 Å². The van der Waals surface area contributed by atoms with Crippen LogP contribution in [-0.4, -0.2) is 108 Å². The van der Waals surface area contributed by atoms with Crippen molar-refractivity contribution in [2.24, 2.45) is 44.3 Å². The van der Waals surface area contributed by atoms with E-state index in [-0.39, 0.29) is 73.4 Å². The Hall–Kier alpha value is -6.38. The van der Waals surface area contributed by atoms with E-state index in [4.69, 9.17) is 24.5 Å². The van der Waals surface area contributed by atoms with Crippen LogP contribution in [0.1, 0.15) is 209 Å². The van der Waals surface area contributed by atoms with Gasteiger partial charge in [0, 0.05) is 91.4 Å². The molecule has 3 aromatic heterocycles. The van der Waals surface area contributed by atoms with Crippen LogP contribution in [0.3, 0.4) is 0 Å². The minimum absolute atomic E-state index is 0.0243. The van der Waals surface area contributed by atoms with Gasteiger partial charge in [-0.2, -0.15) is 0 Å². The maximum Gasteiger partial charge on any atom is 0.210 e. The van der Waals surface area contributed by atoms with Gasteiger partial charge in [-0.15, -0.1) is 0 Å². The van der Waals surface area contributed by atoms with Crippen LogP contribution < -0.4 is 20.9 Å². The Morgan fingerprint density at radius 2 is 0.800 bits per heavy atom. The molecule has 6 spiro atoms. The molecule has 15 nitrogen and oxygen atoms in total. The van der Waals surface area contributed by atoms with E-state index in [1.54, 1.807) is 0 Å². The van der Waals surface area contributed by atoms with Gasteiger partial charge in [0.15, 0.2) is 0 Å². The number of fused-ring (bicyclic) bond motifs is 6. The number of nitrogens with zero attached hydrogens (tertiary/aromatic N) is 3. The molecule has 17 heteroatoms. The van der Waals surface area contributed by atoms with E-state index in [0.29, 0.717) is 67.2 Å². The number of Topliss-reactive ketones (excluding diaryl/α,β-unsaturated/α-hetero) is 1. The maximum atomic E-state index is 12.4. The summed E-state index contributed by atoms with van der Waals surface area (Å²) in [5.41, 5.74) is 12.2. The van der Waals surface area contributed by atoms with Crippen LogP contribution in [-0.2, 0) is 39.1 Å². The van der Waals surface area contributed by atoms with Crippen LogP contribution in [0, 0.1) is 34.0 Å². The highest BCUT2D eigenvalue weighted by molar-refractivity contribution is 7.89. The monoisotopic (exact) mass is 1450 g/mol. The zero-order valence-electron chi connectivity index (χ0n) is 61.4. The second-order valence-electron chi connectivity index (χ2n) is 35.8. The van der Waals surface area contributed by atoms with Crippen LogP contribution in [0.15, 0.2) is 180 Å². The number of hydrogen-bond acceptors (Lipinski definition) is 13. The molecule has 9 fully saturated rings. The molecule has 3 saturated heterocycles. The molecule has 21 rings (SSSR count). The fourth-order valence-corrected chi connectivity index (χ4v) is 26.6. The first kappa shape index (κ1) is 69.1. The van der Waals surface area contributed by atoms with E-state index >= 15 is 0 Å². The Morgan fingerprint density at radius 1 is 0.438 bits per heavy atom. The molecule has 6 aromatic rings. The molecule has 6 bridgehead atoms. The third kappa shape index (κ3) is 11.1. The van der Waals surface area contributed by atoms with Crippen molar-refractivity contribution in [2.75, 3.05) is 24.6 Å². The van der Waals surface area contributed by atoms with Crippen molar-refractivity contribution in [3.8, 4) is 0 Å². The number of carbonyl (C=O) groups is 1. The van der Waals surface area contributed by atoms with Crippen molar-refractivity contribution in [1.82, 2.24) is 25.6 Å². The quantitative estimate of drug-likeness (QED) is 0.0948. The lowest BCUT2D eigenvalue weighted by atomic mass is 9.58. The molecule has 0 amide bonds. The lowest BCUT2D eigenvalue weighted by Gasteiger charge is -2.54. The standard InChI is InChI=1S/2C30H37N3O3S.C28H29NO2/c2*1-28-10-8-24-17-23-4-5-25(33-14-15-37(31,34)35)18-29(23)11-12-30(24,36-29)27(28)7-6-26(28)21-3-2-20-9-13-32-19-22(20)16-21;1-26-10-8-22-15-21-4-5-23(30)16-27(21)11-12-28(22,31-27)25(26)7-6-24(26)19-3-2-18-9-13-29-17-20(18)14-19/h2*2-3,8-9,13,16-17,19,25-27,33H,4-7,10-12,14-15,18H2,1H3,(H2,31,34,35);2-3,8-9,13-15,17,24-25H,4-7,10-12,16H2,1H3/t25-,26+,27+,28+,29+,30+;25-,26-,27-,28-,29-,30-;24-,25-,26-,27-,28-/m011/s1. The molecule has 0 unspecified atom stereocenters. The molecule has 9 aliphatic carbocycles. The lowest BCUT2D eigenvalue weighted by molar-refractivity contribution is -0.146. The summed E-state index contributed by atoms with van der Waals surface area (Å²) in [5.74, 6) is 3.42. The van der Waals surface area contributed by atoms with Crippen LogP contribution >= 0.6 is 0 Å². The number of ether oxygens (including phenoxy) is 3. The lowest BCUT2D eigenvalue weighted by Crippen LogP contribution is -2.55. The second kappa shape index (κ2) is 24.8. The summed E-state index contributed by atoms with van der Waals surface area (Å²) in [4.78, 5) is 25.4. The van der Waals surface area contributed by atoms with Gasteiger partial charge < -0.3 is 24.8 Å². The number of nitrogens with two attached hydrogens (primary N) is 2. The maximum absolute atomic E-state index is 12.4. The number of nitrogens with one attached hydrogen (secondary N) is 2. The highest BCUT2D eigenvalue weighted by atomic mass is 32.2. The van der Waals surface area contributed by atoms with E-state index in [0.717, 1.165) is 103 Å². The number of benzene rings is 3. The molecule has 0 radical (unpaired) electrons. The predicted octanol–water partition coefficient (Wildman–Crippen LogP) is 15.5. The smallest absolute Gasteiger partial charge is 0.210 e. The Balaban J connectivity index is 0.000000109. The molecule has 6 N–H and O–H groups in total. The summed E-state index contributed by atoms with van der Waals surface area (Å²) in [6.07, 6.45) is 51.5. The zero-order chi connectivity index (χ0) is 71.8. The summed E-state index contributed by atoms with van der Waals surface area (Å²) in [7, 11) is -6.90. The van der Waals surface area contributed by atoms with E-state index in [1.807, 2.05) is 37.2 Å². The van der Waals surface area contributed by atoms with Gasteiger partial charge in [-0.05, 0) is 296 Å². The molecule has 17 atom stereocenters. The van der Waals surface area contributed by atoms with Crippen molar-refractivity contribution >= 4 is 58.1 Å². The van der Waals surface area contributed by atoms with Crippen LogP contribution in [0.25, 0.3) is 32.3 Å². The van der Waals surface area contributed by atoms with Gasteiger partial charge >= 0.3 is 0 Å². The highest BCUT2D eigenvalue weighted by Gasteiger charge is 2.70. The SMILES string of the molecule is C[C@]12CC=C3C=C4CCC(=O)C[C@]45CC[C@]3(O5)[C@@H]1CC[C@@H]2c1ccc2ccncc2c1.C[C@]12CC=C3C=C4CC[C@@H](NCCS(N)(=O)=O)C[C@]45CC[C@]3(O5)[C@@H]1CC[C@@H]2c1ccc2ccncc2c1.C[C@]12CC=C3C=C4CC[C@H](NCCS(N)(=O)=O)C[C@]45CC[C@]3(O5)[C@@H]1CC[C@@H]2c1ccc2ccncc2c1. The molecule has 9 heterocycles. The van der Waals surface area contributed by atoms with Gasteiger partial charge in [0.05, 0.1) is 45.1 Å². The summed E-state index contributed by atoms with van der Waals surface area (Å²) < 4.78 is 67.5. The average Bonchev–Trinajstić information content (AvgIpc) is 1.56. The number of rotatable bonds is 11. The molecule has 15 aliphatic rings. The van der Waals surface area contributed by atoms with Gasteiger partial charge in [0.1, 0.15) is 5.78 Å². The van der Waals surface area contributed by atoms with Crippen molar-refractivity contribution in [2.45, 2.75) is 238 Å². The van der Waals surface area contributed by atoms with Gasteiger partial charge in [-0.25, -0.2) is 27.1 Å². The van der Waals surface area contributed by atoms with Crippen molar-refractivity contribution < 1.29 is 35.8 Å². The van der Waals surface area contributed by atoms with E-state index < -0.39 is 20.0 Å². The molecule has 6 saturated carbocycles.